The smallest absolute Gasteiger partial charge is 0.444 e. The molecule has 0 N–H and O–H groups in total. The Morgan fingerprint density at radius 1 is 1.00 bits per heavy atom. The molecule has 0 aromatic carbocycles. The van der Waals surface area contributed by atoms with Crippen molar-refractivity contribution in [1.29, 1.82) is 0 Å². The second kappa shape index (κ2) is 46.6. The molecule has 0 aromatic rings. The first-order chi connectivity index (χ1) is 2.83. The normalized spacial score (nSPS) is 3.43. The van der Waals surface area contributed by atoms with Gasteiger partial charge in [0.2, 0.25) is 0 Å². The third-order valence-electron chi connectivity index (χ3n) is 0. The number of rotatable bonds is 0. The van der Waals surface area contributed by atoms with Crippen LogP contribution in [0.3, 0.4) is 0 Å². The van der Waals surface area contributed by atoms with E-state index in [1.165, 1.54) is 0 Å². The first-order valence-electron chi connectivity index (χ1n) is 0.730. The van der Waals surface area contributed by atoms with Gasteiger partial charge in [-0.1, -0.05) is 0 Å². The fraction of sp³-hybridized carbons (Fsp3) is 0. The Labute approximate surface area is 55.1 Å². The molecule has 0 amide bonds. The van der Waals surface area contributed by atoms with Crippen molar-refractivity contribution in [2.24, 2.45) is 10.7 Å². The van der Waals surface area contributed by atoms with E-state index in [4.69, 9.17) is 20.2 Å². The number of nitrogens with zero attached hydrogens (tertiary/aromatic N) is 2. The Balaban J connectivity index is -0.0000000400. The molecule has 7 heavy (non-hydrogen) atoms. The van der Waals surface area contributed by atoms with Gasteiger partial charge >= 0.3 is 23.7 Å². The maximum atomic E-state index is 8.00. The minimum Gasteiger partial charge on any atom is -0.444 e. The molecule has 0 unspecified atom stereocenters. The number of hydrogen-bond donors (Lipinski definition) is 0. The standard InChI is InChI=1S/2HNO2.Te/c2*2-1-3;/h2*(H,2,3);/q;;+2/p-2. The molecule has 7 heteroatoms. The van der Waals surface area contributed by atoms with E-state index in [9.17, 15) is 0 Å². The molecule has 0 rings (SSSR count). The molecule has 4 radical (unpaired) electrons. The maximum absolute atomic E-state index is 8.00. The van der Waals surface area contributed by atoms with Gasteiger partial charge in [0.1, 0.15) is 0 Å². The van der Waals surface area contributed by atoms with Crippen molar-refractivity contribution < 1.29 is 0 Å². The van der Waals surface area contributed by atoms with Crippen molar-refractivity contribution in [2.75, 3.05) is 0 Å². The fourth-order valence-electron chi connectivity index (χ4n) is 0. The molecule has 0 spiro atoms. The first-order valence-corrected chi connectivity index (χ1v) is 0.730. The van der Waals surface area contributed by atoms with Crippen LogP contribution in [0, 0.1) is 20.2 Å². The van der Waals surface area contributed by atoms with Gasteiger partial charge in [-0.15, -0.1) is 10.7 Å². The van der Waals surface area contributed by atoms with Crippen LogP contribution >= 0.6 is 0 Å². The zero-order valence-corrected chi connectivity index (χ0v) is 5.27. The summed E-state index contributed by atoms with van der Waals surface area (Å²) in [7, 11) is 0. The molecule has 0 atom stereocenters. The average Bonchev–Trinajstić information content (AvgIpc) is 1.39. The molecule has 0 saturated heterocycles. The summed E-state index contributed by atoms with van der Waals surface area (Å²) in [6.45, 7) is 0. The van der Waals surface area contributed by atoms with Crippen LogP contribution in [0.4, 0.5) is 0 Å². The molecular weight excluding hydrogens is 220 g/mol. The van der Waals surface area contributed by atoms with Gasteiger partial charge in [0.15, 0.2) is 0 Å². The summed E-state index contributed by atoms with van der Waals surface area (Å²) in [5.41, 5.74) is 0. The Bertz CT molecular complexity index is 30.7. The zero-order valence-electron chi connectivity index (χ0n) is 2.94. The van der Waals surface area contributed by atoms with Crippen LogP contribution in [0.25, 0.3) is 0 Å². The minimum atomic E-state index is 0. The molecule has 0 fully saturated rings. The summed E-state index contributed by atoms with van der Waals surface area (Å²) in [6.07, 6.45) is 0. The molecule has 0 aliphatic carbocycles. The Kier molecular flexibility index (Phi) is 106. The molecule has 0 aliphatic heterocycles. The quantitative estimate of drug-likeness (QED) is 0.328. The Morgan fingerprint density at radius 2 is 1.00 bits per heavy atom. The van der Waals surface area contributed by atoms with E-state index in [0.717, 1.165) is 10.7 Å². The van der Waals surface area contributed by atoms with E-state index in [0.29, 0.717) is 0 Å². The molecule has 0 aliphatic rings. The first kappa shape index (κ1) is 16.0. The molecule has 0 saturated carbocycles. The predicted molar refractivity (Wildman–Crippen MR) is 24.1 cm³/mol. The Hall–Kier alpha value is -0.410. The van der Waals surface area contributed by atoms with Crippen LogP contribution in [0.15, 0.2) is 10.7 Å². The molecule has 0 aromatic heterocycles. The average molecular weight is 220 g/mol. The summed E-state index contributed by atoms with van der Waals surface area (Å²) in [4.78, 5) is 16.0. The summed E-state index contributed by atoms with van der Waals surface area (Å²) >= 11 is 0. The van der Waals surface area contributed by atoms with Gasteiger partial charge in [0, 0.05) is 0 Å². The third-order valence-corrected chi connectivity index (χ3v) is 0. The van der Waals surface area contributed by atoms with Gasteiger partial charge in [-0.25, -0.2) is 0 Å². The van der Waals surface area contributed by atoms with Gasteiger partial charge in [0.05, 0.1) is 0 Å². The van der Waals surface area contributed by atoms with Crippen molar-refractivity contribution >= 4 is 23.7 Å². The van der Waals surface area contributed by atoms with Gasteiger partial charge in [-0.3, -0.25) is 0 Å². The van der Waals surface area contributed by atoms with Crippen LogP contribution < -0.4 is 0 Å². The third kappa shape index (κ3) is 428. The predicted octanol–water partition coefficient (Wildman–Crippen LogP) is 0.120. The van der Waals surface area contributed by atoms with Gasteiger partial charge in [0.25, 0.3) is 0 Å². The van der Waals surface area contributed by atoms with Crippen molar-refractivity contribution in [3.63, 3.8) is 0 Å². The van der Waals surface area contributed by atoms with Crippen molar-refractivity contribution in [3.05, 3.63) is 20.2 Å². The van der Waals surface area contributed by atoms with E-state index in [2.05, 4.69) is 0 Å². The molecule has 0 bridgehead atoms. The molecule has 0 heterocycles. The topological polar surface area (TPSA) is 105 Å². The van der Waals surface area contributed by atoms with Crippen LogP contribution in [-0.2, 0) is 0 Å². The Morgan fingerprint density at radius 3 is 1.00 bits per heavy atom. The summed E-state index contributed by atoms with van der Waals surface area (Å²) in [6, 6.07) is 0. The fourth-order valence-corrected chi connectivity index (χ4v) is 0. The molecule has 6 nitrogen and oxygen atoms in total. The van der Waals surface area contributed by atoms with Crippen LogP contribution in [0.2, 0.25) is 0 Å². The summed E-state index contributed by atoms with van der Waals surface area (Å²) in [5, 5.41) is 18.0. The van der Waals surface area contributed by atoms with Crippen molar-refractivity contribution in [2.45, 2.75) is 0 Å². The number of hydrogen-bond acceptors (Lipinski definition) is 6. The van der Waals surface area contributed by atoms with Gasteiger partial charge in [-0.2, -0.15) is 0 Å². The monoisotopic (exact) mass is 222 g/mol. The van der Waals surface area contributed by atoms with E-state index in [1.54, 1.807) is 0 Å². The minimum absolute atomic E-state index is 0. The molecule has 40 valence electrons. The van der Waals surface area contributed by atoms with E-state index in [1.807, 2.05) is 0 Å². The SMILES string of the molecule is O=N[O-].O=N[O-].[Te+2]. The zero-order chi connectivity index (χ0) is 5.41. The maximum Gasteiger partial charge on any atom is 2.00 e. The van der Waals surface area contributed by atoms with E-state index in [-0.39, 0.29) is 23.7 Å². The van der Waals surface area contributed by atoms with Crippen LogP contribution in [0.5, 0.6) is 0 Å². The van der Waals surface area contributed by atoms with E-state index < -0.39 is 0 Å². The van der Waals surface area contributed by atoms with Gasteiger partial charge < -0.3 is 20.2 Å². The summed E-state index contributed by atoms with van der Waals surface area (Å²) in [5.74, 6) is 0. The summed E-state index contributed by atoms with van der Waals surface area (Å²) < 4.78 is 0. The second-order valence-electron chi connectivity index (χ2n) is 0.149. The van der Waals surface area contributed by atoms with Crippen LogP contribution in [-0.4, -0.2) is 23.7 Å². The van der Waals surface area contributed by atoms with Gasteiger partial charge in [-0.05, 0) is 0 Å². The van der Waals surface area contributed by atoms with E-state index >= 15 is 0 Å². The molecular formula is N2O4Te. The van der Waals surface area contributed by atoms with Crippen molar-refractivity contribution in [1.82, 2.24) is 0 Å². The van der Waals surface area contributed by atoms with Crippen LogP contribution in [0.1, 0.15) is 0 Å². The second-order valence-corrected chi connectivity index (χ2v) is 0.149. The largest absolute Gasteiger partial charge is 2.00 e. The van der Waals surface area contributed by atoms with Crippen molar-refractivity contribution in [3.8, 4) is 0 Å².